The number of nitrogens with zero attached hydrogens (tertiary/aromatic N) is 1. The largest absolute Gasteiger partial charge is 0.399 e. The highest BCUT2D eigenvalue weighted by molar-refractivity contribution is 6.04. The number of hydrogen-bond acceptors (Lipinski definition) is 4. The Bertz CT molecular complexity index is 847. The molecule has 4 amide bonds. The van der Waals surface area contributed by atoms with E-state index < -0.39 is 6.04 Å². The lowest BCUT2D eigenvalue weighted by molar-refractivity contribution is -0.127. The number of amides is 4. The molecule has 1 unspecified atom stereocenters. The maximum Gasteiger partial charge on any atom is 0.324 e. The van der Waals surface area contributed by atoms with Crippen LogP contribution >= 0.6 is 0 Å². The lowest BCUT2D eigenvalue weighted by Gasteiger charge is -2.13. The third-order valence-corrected chi connectivity index (χ3v) is 4.42. The monoisotopic (exact) mass is 366 g/mol. The minimum Gasteiger partial charge on any atom is -0.399 e. The molecular formula is C20H22N4O3. The van der Waals surface area contributed by atoms with Gasteiger partial charge < -0.3 is 16.4 Å². The van der Waals surface area contributed by atoms with Gasteiger partial charge >= 0.3 is 6.03 Å². The Hall–Kier alpha value is -3.35. The molecule has 27 heavy (non-hydrogen) atoms. The van der Waals surface area contributed by atoms with Crippen molar-refractivity contribution in [3.63, 3.8) is 0 Å². The highest BCUT2D eigenvalue weighted by Gasteiger charge is 2.37. The van der Waals surface area contributed by atoms with Crippen LogP contribution < -0.4 is 16.4 Å². The van der Waals surface area contributed by atoms with Gasteiger partial charge in [0.1, 0.15) is 6.04 Å². The van der Waals surface area contributed by atoms with Crippen LogP contribution in [0.3, 0.4) is 0 Å². The van der Waals surface area contributed by atoms with Gasteiger partial charge in [-0.3, -0.25) is 14.5 Å². The molecule has 1 aliphatic heterocycles. The predicted octanol–water partition coefficient (Wildman–Crippen LogP) is 1.93. The zero-order chi connectivity index (χ0) is 19.4. The molecule has 7 heteroatoms. The first-order valence-electron chi connectivity index (χ1n) is 8.75. The Labute approximate surface area is 157 Å². The van der Waals surface area contributed by atoms with Crippen LogP contribution in [-0.2, 0) is 22.4 Å². The molecule has 1 atom stereocenters. The highest BCUT2D eigenvalue weighted by Crippen LogP contribution is 2.16. The fourth-order valence-corrected chi connectivity index (χ4v) is 3.02. The molecule has 0 saturated carbocycles. The van der Waals surface area contributed by atoms with Gasteiger partial charge in [0.15, 0.2) is 0 Å². The number of nitrogen functional groups attached to an aromatic ring is 1. The van der Waals surface area contributed by atoms with E-state index >= 15 is 0 Å². The van der Waals surface area contributed by atoms with E-state index in [2.05, 4.69) is 10.6 Å². The molecule has 1 saturated heterocycles. The van der Waals surface area contributed by atoms with Gasteiger partial charge in [-0.2, -0.15) is 0 Å². The number of nitrogens with one attached hydrogen (secondary N) is 2. The summed E-state index contributed by atoms with van der Waals surface area (Å²) in [6.07, 6.45) is 0.987. The maximum absolute atomic E-state index is 12.6. The molecule has 0 aromatic heterocycles. The zero-order valence-electron chi connectivity index (χ0n) is 15.1. The first-order chi connectivity index (χ1) is 12.9. The number of hydrogen-bond donors (Lipinski definition) is 3. The lowest BCUT2D eigenvalue weighted by Crippen LogP contribution is -2.33. The topological polar surface area (TPSA) is 105 Å². The molecule has 1 heterocycles. The maximum atomic E-state index is 12.6. The smallest absolute Gasteiger partial charge is 0.324 e. The Kier molecular flexibility index (Phi) is 5.40. The summed E-state index contributed by atoms with van der Waals surface area (Å²) in [5, 5.41) is 5.43. The second-order valence-electron chi connectivity index (χ2n) is 6.57. The molecule has 0 aliphatic carbocycles. The summed E-state index contributed by atoms with van der Waals surface area (Å²) in [6, 6.07) is 13.7. The van der Waals surface area contributed by atoms with Crippen LogP contribution in [0.4, 0.5) is 16.2 Å². The van der Waals surface area contributed by atoms with E-state index in [1.54, 1.807) is 24.3 Å². The Morgan fingerprint density at radius 1 is 1.07 bits per heavy atom. The first-order valence-corrected chi connectivity index (χ1v) is 8.75. The van der Waals surface area contributed by atoms with E-state index in [0.717, 1.165) is 11.1 Å². The van der Waals surface area contributed by atoms with E-state index in [-0.39, 0.29) is 17.8 Å². The van der Waals surface area contributed by atoms with Gasteiger partial charge in [-0.15, -0.1) is 0 Å². The fraction of sp³-hybridized carbons (Fsp3) is 0.250. The second kappa shape index (κ2) is 7.90. The number of carbonyl (C=O) groups is 3. The predicted molar refractivity (Wildman–Crippen MR) is 103 cm³/mol. The van der Waals surface area contributed by atoms with Crippen LogP contribution in [0, 0.1) is 0 Å². The van der Waals surface area contributed by atoms with Crippen molar-refractivity contribution in [3.8, 4) is 0 Å². The van der Waals surface area contributed by atoms with Gasteiger partial charge in [0.25, 0.3) is 5.91 Å². The molecule has 2 aromatic rings. The van der Waals surface area contributed by atoms with E-state index in [4.69, 9.17) is 5.73 Å². The molecule has 0 bridgehead atoms. The van der Waals surface area contributed by atoms with Crippen molar-refractivity contribution in [2.75, 3.05) is 17.6 Å². The van der Waals surface area contributed by atoms with Crippen molar-refractivity contribution in [1.29, 1.82) is 0 Å². The second-order valence-corrected chi connectivity index (χ2v) is 6.57. The normalized spacial score (nSPS) is 16.3. The minimum absolute atomic E-state index is 0.141. The molecule has 1 aliphatic rings. The molecule has 140 valence electrons. The summed E-state index contributed by atoms with van der Waals surface area (Å²) in [7, 11) is 0. The Morgan fingerprint density at radius 2 is 1.70 bits per heavy atom. The van der Waals surface area contributed by atoms with Gasteiger partial charge in [0.05, 0.1) is 0 Å². The van der Waals surface area contributed by atoms with Crippen LogP contribution in [0.2, 0.25) is 0 Å². The number of nitrogens with two attached hydrogens (primary N) is 1. The van der Waals surface area contributed by atoms with E-state index in [0.29, 0.717) is 30.8 Å². The van der Waals surface area contributed by atoms with Crippen molar-refractivity contribution >= 4 is 29.2 Å². The number of anilines is 2. The molecule has 2 aromatic carbocycles. The van der Waals surface area contributed by atoms with Crippen LogP contribution in [0.5, 0.6) is 0 Å². The number of carbonyl (C=O) groups excluding carboxylic acids is 3. The quantitative estimate of drug-likeness (QED) is 0.537. The average Bonchev–Trinajstić information content (AvgIpc) is 2.89. The van der Waals surface area contributed by atoms with Crippen LogP contribution in [0.1, 0.15) is 18.1 Å². The van der Waals surface area contributed by atoms with Crippen molar-refractivity contribution in [2.24, 2.45) is 0 Å². The molecular weight excluding hydrogens is 344 g/mol. The Morgan fingerprint density at radius 3 is 2.33 bits per heavy atom. The average molecular weight is 366 g/mol. The van der Waals surface area contributed by atoms with Gasteiger partial charge in [-0.05, 0) is 41.8 Å². The Balaban J connectivity index is 1.58. The van der Waals surface area contributed by atoms with Crippen molar-refractivity contribution in [1.82, 2.24) is 10.2 Å². The van der Waals surface area contributed by atoms with Crippen molar-refractivity contribution in [3.05, 3.63) is 59.7 Å². The SMILES string of the molecule is CC(=O)Nc1ccc(CC2NC(=O)N(CCc3ccc(N)cc3)C2=O)cc1. The lowest BCUT2D eigenvalue weighted by atomic mass is 10.1. The minimum atomic E-state index is -0.574. The summed E-state index contributed by atoms with van der Waals surface area (Å²) in [4.78, 5) is 37.1. The molecule has 0 radical (unpaired) electrons. The first kappa shape index (κ1) is 18.4. The van der Waals surface area contributed by atoms with Crippen molar-refractivity contribution in [2.45, 2.75) is 25.8 Å². The number of urea groups is 1. The van der Waals surface area contributed by atoms with E-state index in [9.17, 15) is 14.4 Å². The number of benzene rings is 2. The van der Waals surface area contributed by atoms with Gasteiger partial charge in [0, 0.05) is 31.3 Å². The third-order valence-electron chi connectivity index (χ3n) is 4.42. The summed E-state index contributed by atoms with van der Waals surface area (Å²) in [5.41, 5.74) is 8.96. The third kappa shape index (κ3) is 4.63. The summed E-state index contributed by atoms with van der Waals surface area (Å²) in [5.74, 6) is -0.362. The highest BCUT2D eigenvalue weighted by atomic mass is 16.2. The van der Waals surface area contributed by atoms with Crippen LogP contribution in [0.15, 0.2) is 48.5 Å². The molecule has 7 nitrogen and oxygen atoms in total. The van der Waals surface area contributed by atoms with Crippen LogP contribution in [0.25, 0.3) is 0 Å². The van der Waals surface area contributed by atoms with E-state index in [1.807, 2.05) is 24.3 Å². The van der Waals surface area contributed by atoms with Gasteiger partial charge in [-0.1, -0.05) is 24.3 Å². The molecule has 1 fully saturated rings. The molecule has 3 rings (SSSR count). The fourth-order valence-electron chi connectivity index (χ4n) is 3.02. The number of rotatable bonds is 6. The standard InChI is InChI=1S/C20H22N4O3/c1-13(25)22-17-8-4-15(5-9-17)12-18-19(26)24(20(27)23-18)11-10-14-2-6-16(21)7-3-14/h2-9,18H,10-12,21H2,1H3,(H,22,25)(H,23,27). The van der Waals surface area contributed by atoms with Crippen molar-refractivity contribution < 1.29 is 14.4 Å². The molecule has 4 N–H and O–H groups in total. The summed E-state index contributed by atoms with van der Waals surface area (Å²) in [6.45, 7) is 1.77. The van der Waals surface area contributed by atoms with Crippen LogP contribution in [-0.4, -0.2) is 35.3 Å². The number of imide groups is 1. The van der Waals surface area contributed by atoms with Gasteiger partial charge in [0.2, 0.25) is 5.91 Å². The zero-order valence-corrected chi connectivity index (χ0v) is 15.1. The summed E-state index contributed by atoms with van der Waals surface area (Å²) < 4.78 is 0. The summed E-state index contributed by atoms with van der Waals surface area (Å²) >= 11 is 0. The van der Waals surface area contributed by atoms with E-state index in [1.165, 1.54) is 11.8 Å². The molecule has 0 spiro atoms. The van der Waals surface area contributed by atoms with Gasteiger partial charge in [-0.25, -0.2) is 4.79 Å².